The Morgan fingerprint density at radius 1 is 1.06 bits per heavy atom. The number of allylic oxidation sites excluding steroid dienone is 4. The average Bonchev–Trinajstić information content (AvgIpc) is 2.45. The fourth-order valence-electron chi connectivity index (χ4n) is 1.60. The summed E-state index contributed by atoms with van der Waals surface area (Å²) in [6.07, 6.45) is 10.7. The van der Waals surface area contributed by atoms with Gasteiger partial charge >= 0.3 is 0 Å². The van der Waals surface area contributed by atoms with E-state index in [4.69, 9.17) is 0 Å². The van der Waals surface area contributed by atoms with E-state index in [9.17, 15) is 0 Å². The van der Waals surface area contributed by atoms with Crippen molar-refractivity contribution in [2.45, 2.75) is 13.3 Å². The van der Waals surface area contributed by atoms with Gasteiger partial charge < -0.3 is 0 Å². The topological polar surface area (TPSA) is 25.8 Å². The zero-order valence-corrected chi connectivity index (χ0v) is 10.5. The number of rotatable bonds is 4. The van der Waals surface area contributed by atoms with E-state index in [0.29, 0.717) is 0 Å². The summed E-state index contributed by atoms with van der Waals surface area (Å²) in [7, 11) is 0. The van der Waals surface area contributed by atoms with E-state index < -0.39 is 0 Å². The fourth-order valence-corrected chi connectivity index (χ4v) is 1.60. The lowest BCUT2D eigenvalue weighted by Gasteiger charge is -1.97. The highest BCUT2D eigenvalue weighted by Gasteiger charge is 1.92. The number of hydrogen-bond acceptors (Lipinski definition) is 2. The first-order valence-electron chi connectivity index (χ1n) is 6.01. The lowest BCUT2D eigenvalue weighted by Crippen LogP contribution is -1.84. The van der Waals surface area contributed by atoms with Gasteiger partial charge in [-0.2, -0.15) is 0 Å². The van der Waals surface area contributed by atoms with Crippen molar-refractivity contribution in [3.63, 3.8) is 0 Å². The van der Waals surface area contributed by atoms with Crippen LogP contribution >= 0.6 is 0 Å². The molecule has 0 aliphatic rings. The number of nitrogens with zero attached hydrogens (tertiary/aromatic N) is 2. The molecule has 0 radical (unpaired) electrons. The Labute approximate surface area is 108 Å². The van der Waals surface area contributed by atoms with Crippen molar-refractivity contribution in [1.29, 1.82) is 0 Å². The summed E-state index contributed by atoms with van der Waals surface area (Å²) in [4.78, 5) is 8.57. The predicted octanol–water partition coefficient (Wildman–Crippen LogP) is 3.68. The molecule has 0 fully saturated rings. The van der Waals surface area contributed by atoms with E-state index in [2.05, 4.69) is 35.1 Å². The Kier molecular flexibility index (Phi) is 4.42. The number of hydrogen-bond donors (Lipinski definition) is 0. The first kappa shape index (κ1) is 12.2. The van der Waals surface area contributed by atoms with E-state index in [1.165, 1.54) is 0 Å². The van der Waals surface area contributed by atoms with Crippen molar-refractivity contribution in [2.75, 3.05) is 0 Å². The third-order valence-electron chi connectivity index (χ3n) is 2.60. The minimum atomic E-state index is 0.854. The summed E-state index contributed by atoms with van der Waals surface area (Å²) >= 11 is 0. The van der Waals surface area contributed by atoms with Gasteiger partial charge in [-0.3, -0.25) is 9.97 Å². The van der Waals surface area contributed by atoms with E-state index in [1.54, 1.807) is 0 Å². The molecule has 0 bridgehead atoms. The van der Waals surface area contributed by atoms with Gasteiger partial charge in [-0.05, 0) is 36.8 Å². The van der Waals surface area contributed by atoms with Crippen molar-refractivity contribution in [2.24, 2.45) is 0 Å². The second-order valence-corrected chi connectivity index (χ2v) is 4.02. The molecule has 2 aromatic rings. The monoisotopic (exact) mass is 236 g/mol. The molecule has 0 N–H and O–H groups in total. The highest BCUT2D eigenvalue weighted by Crippen LogP contribution is 2.09. The van der Waals surface area contributed by atoms with Crippen molar-refractivity contribution < 1.29 is 0 Å². The normalized spacial score (nSPS) is 11.9. The molecule has 0 spiro atoms. The Hall–Kier alpha value is -2.22. The molecular weight excluding hydrogens is 220 g/mol. The Balaban J connectivity index is 1.95. The van der Waals surface area contributed by atoms with E-state index in [1.807, 2.05) is 48.8 Å². The van der Waals surface area contributed by atoms with Gasteiger partial charge in [0.1, 0.15) is 0 Å². The van der Waals surface area contributed by atoms with Crippen LogP contribution in [-0.2, 0) is 6.42 Å². The lowest BCUT2D eigenvalue weighted by molar-refractivity contribution is 1.11. The zero-order chi connectivity index (χ0) is 12.6. The maximum atomic E-state index is 4.30. The molecule has 0 aliphatic heterocycles. The molecule has 0 saturated heterocycles. The van der Waals surface area contributed by atoms with Crippen LogP contribution in [0.2, 0.25) is 0 Å². The van der Waals surface area contributed by atoms with Crippen LogP contribution in [0.15, 0.2) is 67.0 Å². The SMILES string of the molecule is C/C(=C\C=C/Cc1ccccn1)c1ccccn1. The van der Waals surface area contributed by atoms with Gasteiger partial charge in [0.05, 0.1) is 5.69 Å². The molecule has 0 saturated carbocycles. The molecule has 2 aromatic heterocycles. The molecule has 2 heterocycles. The van der Waals surface area contributed by atoms with Gasteiger partial charge in [0.25, 0.3) is 0 Å². The predicted molar refractivity (Wildman–Crippen MR) is 75.0 cm³/mol. The Morgan fingerprint density at radius 2 is 1.83 bits per heavy atom. The van der Waals surface area contributed by atoms with Crippen molar-refractivity contribution >= 4 is 5.57 Å². The van der Waals surface area contributed by atoms with E-state index in [0.717, 1.165) is 23.4 Å². The van der Waals surface area contributed by atoms with Crippen LogP contribution in [0.1, 0.15) is 18.3 Å². The molecule has 0 atom stereocenters. The smallest absolute Gasteiger partial charge is 0.0658 e. The molecule has 0 aromatic carbocycles. The van der Waals surface area contributed by atoms with Crippen molar-refractivity contribution in [3.8, 4) is 0 Å². The quantitative estimate of drug-likeness (QED) is 0.757. The second kappa shape index (κ2) is 6.50. The first-order chi connectivity index (χ1) is 8.86. The Bertz CT molecular complexity index is 528. The average molecular weight is 236 g/mol. The third-order valence-corrected chi connectivity index (χ3v) is 2.60. The highest BCUT2D eigenvalue weighted by molar-refractivity contribution is 5.61. The molecule has 0 unspecified atom stereocenters. The summed E-state index contributed by atoms with van der Waals surface area (Å²) in [5.41, 5.74) is 3.26. The van der Waals surface area contributed by atoms with Crippen LogP contribution in [-0.4, -0.2) is 9.97 Å². The van der Waals surface area contributed by atoms with Gasteiger partial charge in [-0.25, -0.2) is 0 Å². The summed E-state index contributed by atoms with van der Waals surface area (Å²) < 4.78 is 0. The molecule has 0 amide bonds. The van der Waals surface area contributed by atoms with Crippen LogP contribution in [0, 0.1) is 0 Å². The fraction of sp³-hybridized carbons (Fsp3) is 0.125. The minimum absolute atomic E-state index is 0.854. The van der Waals surface area contributed by atoms with Gasteiger partial charge in [-0.15, -0.1) is 0 Å². The van der Waals surface area contributed by atoms with Crippen LogP contribution in [0.4, 0.5) is 0 Å². The molecular formula is C16H16N2. The lowest BCUT2D eigenvalue weighted by atomic mass is 10.1. The summed E-state index contributed by atoms with van der Waals surface area (Å²) in [5, 5.41) is 0. The minimum Gasteiger partial charge on any atom is -0.261 e. The third kappa shape index (κ3) is 3.67. The van der Waals surface area contributed by atoms with Crippen molar-refractivity contribution in [3.05, 3.63) is 78.4 Å². The van der Waals surface area contributed by atoms with Gasteiger partial charge in [0.15, 0.2) is 0 Å². The highest BCUT2D eigenvalue weighted by atomic mass is 14.7. The largest absolute Gasteiger partial charge is 0.261 e. The number of pyridine rings is 2. The summed E-state index contributed by atoms with van der Waals surface area (Å²) in [5.74, 6) is 0. The van der Waals surface area contributed by atoms with Gasteiger partial charge in [0, 0.05) is 24.5 Å². The summed E-state index contributed by atoms with van der Waals surface area (Å²) in [6, 6.07) is 11.9. The zero-order valence-electron chi connectivity index (χ0n) is 10.5. The maximum Gasteiger partial charge on any atom is 0.0658 e. The van der Waals surface area contributed by atoms with Crippen LogP contribution in [0.25, 0.3) is 5.57 Å². The first-order valence-corrected chi connectivity index (χ1v) is 6.01. The van der Waals surface area contributed by atoms with Crippen LogP contribution in [0.3, 0.4) is 0 Å². The summed E-state index contributed by atoms with van der Waals surface area (Å²) in [6.45, 7) is 2.06. The van der Waals surface area contributed by atoms with Crippen LogP contribution in [0.5, 0.6) is 0 Å². The standard InChI is InChI=1S/C16H16N2/c1-14(16-11-5-7-13-18-16)8-2-3-9-15-10-4-6-12-17-15/h2-8,10-13H,9H2,1H3/b3-2-,14-8+. The molecule has 2 nitrogen and oxygen atoms in total. The molecule has 2 rings (SSSR count). The Morgan fingerprint density at radius 3 is 2.50 bits per heavy atom. The van der Waals surface area contributed by atoms with Crippen LogP contribution < -0.4 is 0 Å². The molecule has 2 heteroatoms. The second-order valence-electron chi connectivity index (χ2n) is 4.02. The maximum absolute atomic E-state index is 4.30. The van der Waals surface area contributed by atoms with Gasteiger partial charge in [-0.1, -0.05) is 30.4 Å². The van der Waals surface area contributed by atoms with E-state index >= 15 is 0 Å². The van der Waals surface area contributed by atoms with Gasteiger partial charge in [0.2, 0.25) is 0 Å². The molecule has 90 valence electrons. The van der Waals surface area contributed by atoms with E-state index in [-0.39, 0.29) is 0 Å². The molecule has 18 heavy (non-hydrogen) atoms. The number of aromatic nitrogens is 2. The molecule has 0 aliphatic carbocycles. The van der Waals surface area contributed by atoms with Crippen molar-refractivity contribution in [1.82, 2.24) is 9.97 Å².